The van der Waals surface area contributed by atoms with Crippen molar-refractivity contribution in [2.24, 2.45) is 71.0 Å². The van der Waals surface area contributed by atoms with E-state index in [-0.39, 0.29) is 9.34 Å². The van der Waals surface area contributed by atoms with E-state index in [4.69, 9.17) is 4.74 Å². The third kappa shape index (κ3) is 0.717. The number of halogens is 2. The largest absolute Gasteiger partial charge is 0.365 e. The van der Waals surface area contributed by atoms with E-state index < -0.39 is 5.79 Å². The highest BCUT2D eigenvalue weighted by Gasteiger charge is 2.97. The highest BCUT2D eigenvalue weighted by Crippen LogP contribution is 2.94. The Kier molecular flexibility index (Phi) is 1.49. The van der Waals surface area contributed by atoms with Gasteiger partial charge in [0.2, 0.25) is 0 Å². The average Bonchev–Trinajstić information content (AvgIpc) is 3.06. The van der Waals surface area contributed by atoms with E-state index in [0.717, 1.165) is 53.3 Å². The van der Waals surface area contributed by atoms with Crippen LogP contribution in [0.5, 0.6) is 0 Å². The Hall–Kier alpha value is 0.880. The minimum Gasteiger partial charge on any atom is -0.365 e. The van der Waals surface area contributed by atoms with Crippen LogP contribution in [-0.2, 0) is 4.74 Å². The Morgan fingerprint density at radius 1 is 0.810 bits per heavy atom. The zero-order valence-electron chi connectivity index (χ0n) is 11.5. The van der Waals surface area contributed by atoms with E-state index in [0.29, 0.717) is 17.8 Å². The molecule has 1 N–H and O–H groups in total. The van der Waals surface area contributed by atoms with E-state index >= 15 is 0 Å². The quantitative estimate of drug-likeness (QED) is 0.669. The van der Waals surface area contributed by atoms with E-state index in [1.54, 1.807) is 0 Å². The molecule has 7 saturated carbocycles. The van der Waals surface area contributed by atoms with Crippen molar-refractivity contribution in [2.75, 3.05) is 0 Å². The second-order valence-electron chi connectivity index (χ2n) is 9.48. The van der Waals surface area contributed by atoms with Crippen LogP contribution in [-0.4, -0.2) is 20.2 Å². The first kappa shape index (κ1) is 11.4. The van der Waals surface area contributed by atoms with E-state index in [1.165, 1.54) is 12.8 Å². The summed E-state index contributed by atoms with van der Waals surface area (Å²) in [7, 11) is 0. The zero-order valence-corrected chi connectivity index (χ0v) is 14.7. The Labute approximate surface area is 140 Å². The van der Waals surface area contributed by atoms with Crippen LogP contribution >= 0.6 is 31.9 Å². The van der Waals surface area contributed by atoms with Crippen molar-refractivity contribution in [3.63, 3.8) is 0 Å². The molecule has 0 radical (unpaired) electrons. The second kappa shape index (κ2) is 2.74. The van der Waals surface area contributed by atoms with Gasteiger partial charge < -0.3 is 9.84 Å². The van der Waals surface area contributed by atoms with Gasteiger partial charge in [-0.25, -0.2) is 0 Å². The van der Waals surface area contributed by atoms with Gasteiger partial charge in [0, 0.05) is 17.8 Å². The third-order valence-corrected chi connectivity index (χ3v) is 11.6. The molecule has 1 heterocycles. The van der Waals surface area contributed by atoms with Crippen LogP contribution in [0.4, 0.5) is 0 Å². The van der Waals surface area contributed by atoms with Gasteiger partial charge in [-0.1, -0.05) is 31.9 Å². The van der Waals surface area contributed by atoms with E-state index in [9.17, 15) is 5.11 Å². The van der Waals surface area contributed by atoms with E-state index in [1.807, 2.05) is 0 Å². The molecule has 8 fully saturated rings. The summed E-state index contributed by atoms with van der Waals surface area (Å²) in [5.41, 5.74) is -0.0954. The molecule has 1 saturated heterocycles. The van der Waals surface area contributed by atoms with Gasteiger partial charge in [0.15, 0.2) is 5.79 Å². The summed E-state index contributed by atoms with van der Waals surface area (Å²) in [5, 5.41) is 11.6. The van der Waals surface area contributed by atoms with Crippen molar-refractivity contribution in [3.05, 3.63) is 0 Å². The molecule has 7 aliphatic carbocycles. The first-order valence-electron chi connectivity index (χ1n) is 8.83. The summed E-state index contributed by atoms with van der Waals surface area (Å²) < 4.78 is 7.00. The summed E-state index contributed by atoms with van der Waals surface area (Å²) in [4.78, 5) is 0. The maximum atomic E-state index is 11.6. The Balaban J connectivity index is 1.54. The van der Waals surface area contributed by atoms with Crippen LogP contribution in [0.2, 0.25) is 0 Å². The molecule has 112 valence electrons. The van der Waals surface area contributed by atoms with Crippen molar-refractivity contribution < 1.29 is 9.84 Å². The van der Waals surface area contributed by atoms with Crippen molar-refractivity contribution in [3.8, 4) is 0 Å². The topological polar surface area (TPSA) is 29.5 Å². The predicted octanol–water partition coefficient (Wildman–Crippen LogP) is 2.83. The minimum atomic E-state index is -0.757. The van der Waals surface area contributed by atoms with Crippen molar-refractivity contribution in [1.29, 1.82) is 0 Å². The molecule has 0 unspecified atom stereocenters. The standard InChI is InChI=1S/C17H18Br2O2/c18-15(19)16-11-3-1-2-4-5(3)6-7(11)9-10-8(6)12(4)17(20,21-16)14(10)13(9)16/h3-15,20H,1-2H2/t3-,4-,5-,6+,7-,8-,9+,10-,11-,12+,13-,14-,16-,17+/m1/s1. The smallest absolute Gasteiger partial charge is 0.173 e. The molecule has 0 aromatic rings. The normalized spacial score (nSPS) is 85.1. The maximum absolute atomic E-state index is 11.6. The molecule has 0 aromatic carbocycles. The third-order valence-electron chi connectivity index (χ3n) is 10.1. The monoisotopic (exact) mass is 412 g/mol. The lowest BCUT2D eigenvalue weighted by Gasteiger charge is -2.47. The van der Waals surface area contributed by atoms with E-state index in [2.05, 4.69) is 31.9 Å². The minimum absolute atomic E-state index is 0.0954. The predicted molar refractivity (Wildman–Crippen MR) is 81.5 cm³/mol. The lowest BCUT2D eigenvalue weighted by Crippen LogP contribution is -2.54. The summed E-state index contributed by atoms with van der Waals surface area (Å²) in [6, 6.07) is 0. The van der Waals surface area contributed by atoms with Gasteiger partial charge >= 0.3 is 0 Å². The molecule has 1 aliphatic heterocycles. The van der Waals surface area contributed by atoms with Crippen molar-refractivity contribution in [1.82, 2.24) is 0 Å². The molecule has 8 aliphatic rings. The maximum Gasteiger partial charge on any atom is 0.173 e. The number of fused-ring (bicyclic) bond motifs is 4. The second-order valence-corrected chi connectivity index (χ2v) is 12.5. The molecule has 0 amide bonds. The fraction of sp³-hybridized carbons (Fsp3) is 1.00. The first-order chi connectivity index (χ1) is 10.1. The van der Waals surface area contributed by atoms with Crippen molar-refractivity contribution >= 4 is 31.9 Å². The van der Waals surface area contributed by atoms with Crippen LogP contribution in [0, 0.1) is 71.0 Å². The molecular formula is C17H18Br2O2. The van der Waals surface area contributed by atoms with Crippen LogP contribution in [0.25, 0.3) is 0 Å². The number of aliphatic hydroxyl groups is 1. The Bertz CT molecular complexity index is 638. The average molecular weight is 414 g/mol. The van der Waals surface area contributed by atoms with Gasteiger partial charge in [-0.05, 0) is 66.1 Å². The number of hydrogen-bond acceptors (Lipinski definition) is 2. The Morgan fingerprint density at radius 3 is 2.19 bits per heavy atom. The number of hydrogen-bond donors (Lipinski definition) is 1. The molecule has 8 rings (SSSR count). The summed E-state index contributed by atoms with van der Waals surface area (Å²) in [6.45, 7) is 0. The lowest BCUT2D eigenvalue weighted by atomic mass is 9.57. The van der Waals surface area contributed by atoms with Gasteiger partial charge in [-0.2, -0.15) is 0 Å². The van der Waals surface area contributed by atoms with Crippen LogP contribution < -0.4 is 0 Å². The molecule has 0 aromatic heterocycles. The summed E-state index contributed by atoms with van der Waals surface area (Å²) in [6.07, 6.45) is 2.79. The van der Waals surface area contributed by atoms with Gasteiger partial charge in [-0.15, -0.1) is 0 Å². The van der Waals surface area contributed by atoms with Crippen LogP contribution in [0.1, 0.15) is 12.8 Å². The number of rotatable bonds is 1. The highest BCUT2D eigenvalue weighted by atomic mass is 79.9. The molecule has 21 heavy (non-hydrogen) atoms. The van der Waals surface area contributed by atoms with Gasteiger partial charge in [0.05, 0.1) is 3.74 Å². The number of ether oxygens (including phenoxy) is 1. The van der Waals surface area contributed by atoms with Gasteiger partial charge in [0.25, 0.3) is 0 Å². The molecule has 2 nitrogen and oxygen atoms in total. The molecule has 0 bridgehead atoms. The molecule has 4 heteroatoms. The molecular weight excluding hydrogens is 396 g/mol. The van der Waals surface area contributed by atoms with Gasteiger partial charge in [-0.3, -0.25) is 0 Å². The van der Waals surface area contributed by atoms with Crippen LogP contribution in [0.3, 0.4) is 0 Å². The SMILES string of the molecule is O[C@@]12O[C@]3(C(Br)Br)[C@@H]4[C@@H]5CC[C@@H]6[C@@H]5[C@@H]5[C@H]([C@@H]7[C@H]([C@@H]54)[C@@H]3[C@@H]71)[C@H]62. The first-order valence-corrected chi connectivity index (χ1v) is 10.7. The summed E-state index contributed by atoms with van der Waals surface area (Å²) >= 11 is 7.75. The highest BCUT2D eigenvalue weighted by molar-refractivity contribution is 9.24. The van der Waals surface area contributed by atoms with Gasteiger partial charge in [0.1, 0.15) is 5.60 Å². The Morgan fingerprint density at radius 2 is 1.43 bits per heavy atom. The molecule has 14 atom stereocenters. The van der Waals surface area contributed by atoms with Crippen molar-refractivity contribution in [2.45, 2.75) is 28.0 Å². The van der Waals surface area contributed by atoms with Crippen LogP contribution in [0.15, 0.2) is 0 Å². The fourth-order valence-corrected chi connectivity index (χ4v) is 12.2. The zero-order chi connectivity index (χ0) is 13.6. The number of alkyl halides is 2. The fourth-order valence-electron chi connectivity index (χ4n) is 10.8. The lowest BCUT2D eigenvalue weighted by molar-refractivity contribution is -0.280. The summed E-state index contributed by atoms with van der Waals surface area (Å²) in [5.74, 6) is 8.74. The molecule has 0 spiro atoms.